The van der Waals surface area contributed by atoms with Crippen LogP contribution in [0.5, 0.6) is 0 Å². The third-order valence-corrected chi connectivity index (χ3v) is 4.35. The second-order valence-corrected chi connectivity index (χ2v) is 5.92. The highest BCUT2D eigenvalue weighted by Gasteiger charge is 2.20. The number of para-hydroxylation sites is 1. The van der Waals surface area contributed by atoms with Crippen LogP contribution >= 0.6 is 0 Å². The van der Waals surface area contributed by atoms with Crippen molar-refractivity contribution >= 4 is 5.69 Å². The number of benzene rings is 2. The maximum Gasteiger partial charge on any atom is 0.0473 e. The fourth-order valence-electron chi connectivity index (χ4n) is 3.16. The summed E-state index contributed by atoms with van der Waals surface area (Å²) in [7, 11) is 0. The molecule has 0 fully saturated rings. The Labute approximate surface area is 127 Å². The van der Waals surface area contributed by atoms with Gasteiger partial charge in [-0.2, -0.15) is 0 Å². The molecular weight excluding hydrogens is 256 g/mol. The Bertz CT molecular complexity index is 589. The Morgan fingerprint density at radius 2 is 1.86 bits per heavy atom. The topological polar surface area (TPSA) is 29.3 Å². The van der Waals surface area contributed by atoms with E-state index in [1.165, 1.54) is 28.8 Å². The summed E-state index contributed by atoms with van der Waals surface area (Å²) < 4.78 is 0. The normalized spacial score (nSPS) is 15.0. The minimum Gasteiger partial charge on any atom is -0.369 e. The zero-order valence-corrected chi connectivity index (χ0v) is 12.8. The first-order chi connectivity index (χ1) is 10.3. The molecule has 2 nitrogen and oxygen atoms in total. The van der Waals surface area contributed by atoms with E-state index in [0.29, 0.717) is 0 Å². The van der Waals surface area contributed by atoms with Crippen molar-refractivity contribution in [2.24, 2.45) is 5.73 Å². The van der Waals surface area contributed by atoms with Gasteiger partial charge in [-0.1, -0.05) is 55.8 Å². The van der Waals surface area contributed by atoms with Gasteiger partial charge in [0.2, 0.25) is 0 Å². The van der Waals surface area contributed by atoms with Gasteiger partial charge >= 0.3 is 0 Å². The van der Waals surface area contributed by atoms with Crippen LogP contribution in [0.15, 0.2) is 48.5 Å². The highest BCUT2D eigenvalue weighted by Crippen LogP contribution is 2.28. The van der Waals surface area contributed by atoms with E-state index in [1.54, 1.807) is 0 Å². The third-order valence-electron chi connectivity index (χ3n) is 4.35. The van der Waals surface area contributed by atoms with E-state index in [0.717, 1.165) is 25.9 Å². The monoisotopic (exact) mass is 280 g/mol. The van der Waals surface area contributed by atoms with Crippen LogP contribution in [0.1, 0.15) is 36.1 Å². The Balaban J connectivity index is 1.68. The highest BCUT2D eigenvalue weighted by atomic mass is 15.2. The molecule has 1 heterocycles. The quantitative estimate of drug-likeness (QED) is 0.905. The van der Waals surface area contributed by atoms with Crippen LogP contribution in [0.2, 0.25) is 0 Å². The number of nitrogens with two attached hydrogens (primary N) is 1. The van der Waals surface area contributed by atoms with Crippen LogP contribution in [0.3, 0.4) is 0 Å². The van der Waals surface area contributed by atoms with Crippen LogP contribution in [0.4, 0.5) is 5.69 Å². The average molecular weight is 280 g/mol. The Morgan fingerprint density at radius 1 is 1.10 bits per heavy atom. The Morgan fingerprint density at radius 3 is 2.62 bits per heavy atom. The standard InChI is InChI=1S/C19H24N2/c1-2-5-15-8-10-16(11-9-15)18(20)14-21-13-12-17-6-3-4-7-19(17)21/h3-4,6-11,18H,2,5,12-14,20H2,1H3. The molecule has 0 bridgehead atoms. The third kappa shape index (κ3) is 3.11. The molecule has 0 aromatic heterocycles. The number of nitrogens with zero attached hydrogens (tertiary/aromatic N) is 1. The Hall–Kier alpha value is -1.80. The summed E-state index contributed by atoms with van der Waals surface area (Å²) in [6, 6.07) is 17.6. The summed E-state index contributed by atoms with van der Waals surface area (Å²) in [5, 5.41) is 0. The van der Waals surface area contributed by atoms with Crippen molar-refractivity contribution in [2.75, 3.05) is 18.0 Å². The van der Waals surface area contributed by atoms with Gasteiger partial charge in [0, 0.05) is 24.8 Å². The van der Waals surface area contributed by atoms with E-state index >= 15 is 0 Å². The fourth-order valence-corrected chi connectivity index (χ4v) is 3.16. The SMILES string of the molecule is CCCc1ccc(C(N)CN2CCc3ccccc32)cc1. The zero-order valence-electron chi connectivity index (χ0n) is 12.8. The molecule has 3 rings (SSSR count). The first-order valence-corrected chi connectivity index (χ1v) is 7.95. The molecule has 110 valence electrons. The van der Waals surface area contributed by atoms with E-state index in [9.17, 15) is 0 Å². The van der Waals surface area contributed by atoms with Gasteiger partial charge in [-0.25, -0.2) is 0 Å². The van der Waals surface area contributed by atoms with Gasteiger partial charge in [0.1, 0.15) is 0 Å². The van der Waals surface area contributed by atoms with E-state index in [2.05, 4.69) is 60.4 Å². The summed E-state index contributed by atoms with van der Waals surface area (Å²) in [5.74, 6) is 0. The Kier molecular flexibility index (Phi) is 4.26. The largest absolute Gasteiger partial charge is 0.369 e. The lowest BCUT2D eigenvalue weighted by atomic mass is 10.0. The lowest BCUT2D eigenvalue weighted by Gasteiger charge is -2.24. The van der Waals surface area contributed by atoms with Crippen LogP contribution in [0, 0.1) is 0 Å². The predicted molar refractivity (Wildman–Crippen MR) is 89.7 cm³/mol. The van der Waals surface area contributed by atoms with Crippen LogP contribution < -0.4 is 10.6 Å². The molecule has 0 saturated heterocycles. The predicted octanol–water partition coefficient (Wildman–Crippen LogP) is 3.70. The number of fused-ring (bicyclic) bond motifs is 1. The molecule has 1 aliphatic rings. The van der Waals surface area contributed by atoms with Crippen molar-refractivity contribution in [3.8, 4) is 0 Å². The number of aryl methyl sites for hydroxylation is 1. The smallest absolute Gasteiger partial charge is 0.0473 e. The summed E-state index contributed by atoms with van der Waals surface area (Å²) in [6.07, 6.45) is 3.48. The molecule has 2 N–H and O–H groups in total. The molecular formula is C19H24N2. The molecule has 0 amide bonds. The van der Waals surface area contributed by atoms with Gasteiger partial charge < -0.3 is 10.6 Å². The summed E-state index contributed by atoms with van der Waals surface area (Å²) in [5.41, 5.74) is 11.9. The number of hydrogen-bond acceptors (Lipinski definition) is 2. The van der Waals surface area contributed by atoms with Crippen LogP contribution in [-0.2, 0) is 12.8 Å². The first-order valence-electron chi connectivity index (χ1n) is 7.95. The molecule has 0 radical (unpaired) electrons. The molecule has 1 atom stereocenters. The van der Waals surface area contributed by atoms with Crippen molar-refractivity contribution in [1.29, 1.82) is 0 Å². The molecule has 2 aromatic carbocycles. The molecule has 0 spiro atoms. The summed E-state index contributed by atoms with van der Waals surface area (Å²) in [6.45, 7) is 4.19. The molecule has 2 heteroatoms. The van der Waals surface area contributed by atoms with E-state index < -0.39 is 0 Å². The van der Waals surface area contributed by atoms with E-state index in [1.807, 2.05) is 0 Å². The summed E-state index contributed by atoms with van der Waals surface area (Å²) in [4.78, 5) is 2.42. The van der Waals surface area contributed by atoms with Crippen molar-refractivity contribution < 1.29 is 0 Å². The lowest BCUT2D eigenvalue weighted by molar-refractivity contribution is 0.680. The van der Waals surface area contributed by atoms with E-state index in [-0.39, 0.29) is 6.04 Å². The van der Waals surface area contributed by atoms with Crippen LogP contribution in [-0.4, -0.2) is 13.1 Å². The van der Waals surface area contributed by atoms with Crippen molar-refractivity contribution in [2.45, 2.75) is 32.2 Å². The van der Waals surface area contributed by atoms with Crippen molar-refractivity contribution in [3.63, 3.8) is 0 Å². The number of hydrogen-bond donors (Lipinski definition) is 1. The molecule has 1 aliphatic heterocycles. The van der Waals surface area contributed by atoms with Crippen molar-refractivity contribution in [1.82, 2.24) is 0 Å². The molecule has 0 aliphatic carbocycles. The maximum absolute atomic E-state index is 6.41. The van der Waals surface area contributed by atoms with Crippen LogP contribution in [0.25, 0.3) is 0 Å². The van der Waals surface area contributed by atoms with Crippen molar-refractivity contribution in [3.05, 3.63) is 65.2 Å². The summed E-state index contributed by atoms with van der Waals surface area (Å²) >= 11 is 0. The van der Waals surface area contributed by atoms with Gasteiger partial charge in [0.05, 0.1) is 0 Å². The molecule has 1 unspecified atom stereocenters. The minimum absolute atomic E-state index is 0.0758. The second kappa shape index (κ2) is 6.31. The average Bonchev–Trinajstić information content (AvgIpc) is 2.92. The number of anilines is 1. The lowest BCUT2D eigenvalue weighted by Crippen LogP contribution is -2.30. The second-order valence-electron chi connectivity index (χ2n) is 5.92. The fraction of sp³-hybridized carbons (Fsp3) is 0.368. The van der Waals surface area contributed by atoms with Gasteiger partial charge in [-0.05, 0) is 35.6 Å². The zero-order chi connectivity index (χ0) is 14.7. The minimum atomic E-state index is 0.0758. The van der Waals surface area contributed by atoms with Gasteiger partial charge in [0.15, 0.2) is 0 Å². The number of rotatable bonds is 5. The highest BCUT2D eigenvalue weighted by molar-refractivity contribution is 5.58. The van der Waals surface area contributed by atoms with E-state index in [4.69, 9.17) is 5.73 Å². The molecule has 21 heavy (non-hydrogen) atoms. The molecule has 2 aromatic rings. The maximum atomic E-state index is 6.41. The first kappa shape index (κ1) is 14.2. The van der Waals surface area contributed by atoms with Gasteiger partial charge in [-0.3, -0.25) is 0 Å². The molecule has 0 saturated carbocycles. The van der Waals surface area contributed by atoms with Gasteiger partial charge in [-0.15, -0.1) is 0 Å². The van der Waals surface area contributed by atoms with Gasteiger partial charge in [0.25, 0.3) is 0 Å².